The van der Waals surface area contributed by atoms with Crippen LogP contribution in [0, 0.1) is 56.2 Å². The lowest BCUT2D eigenvalue weighted by Gasteiger charge is -2.72. The van der Waals surface area contributed by atoms with Crippen molar-refractivity contribution in [2.24, 2.45) is 56.2 Å². The topological polar surface area (TPSA) is 106 Å². The van der Waals surface area contributed by atoms with E-state index in [0.29, 0.717) is 23.7 Å². The van der Waals surface area contributed by atoms with Gasteiger partial charge in [0.1, 0.15) is 6.10 Å². The van der Waals surface area contributed by atoms with Crippen LogP contribution >= 0.6 is 0 Å². The zero-order chi connectivity index (χ0) is 34.2. The molecule has 0 saturated heterocycles. The summed E-state index contributed by atoms with van der Waals surface area (Å²) in [6, 6.07) is 5.82. The highest BCUT2D eigenvalue weighted by molar-refractivity contribution is 5.84. The minimum Gasteiger partial charge on any atom is -0.481 e. The van der Waals surface area contributed by atoms with Crippen molar-refractivity contribution in [2.45, 2.75) is 145 Å². The van der Waals surface area contributed by atoms with Gasteiger partial charge in [0, 0.05) is 11.6 Å². The van der Waals surface area contributed by atoms with E-state index in [9.17, 15) is 19.5 Å². The number of carbonyl (C=O) groups excluding carboxylic acids is 2. The predicted octanol–water partition coefficient (Wildman–Crippen LogP) is 8.53. The highest BCUT2D eigenvalue weighted by Gasteiger charge is 2.71. The molecule has 1 aromatic heterocycles. The maximum atomic E-state index is 14.3. The molecule has 1 aromatic rings. The van der Waals surface area contributed by atoms with Crippen molar-refractivity contribution in [1.29, 1.82) is 0 Å². The molecule has 5 fully saturated rings. The first-order valence-corrected chi connectivity index (χ1v) is 18.6. The van der Waals surface area contributed by atoms with Crippen LogP contribution in [0.25, 0.3) is 0 Å². The van der Waals surface area contributed by atoms with Crippen LogP contribution in [0.3, 0.4) is 0 Å². The largest absolute Gasteiger partial charge is 0.481 e. The first kappa shape index (κ1) is 34.4. The number of hydrogen-bond donors (Lipinski definition) is 2. The molecule has 0 bridgehead atoms. The SMILES string of the molecule is C[C@H](NC(=O)C12CCCC1C1CCC3C4(C)CCC(OC(=O)CC(C)(C)C(=O)O)C(C)(C)C4CCC3(C)[C@]1(C)CC2)c1ccccn1. The molecular weight excluding hydrogens is 588 g/mol. The number of nitrogens with one attached hydrogen (secondary N) is 1. The van der Waals surface area contributed by atoms with Gasteiger partial charge >= 0.3 is 11.9 Å². The number of hydrogen-bond acceptors (Lipinski definition) is 5. The van der Waals surface area contributed by atoms with Crippen molar-refractivity contribution >= 4 is 17.8 Å². The smallest absolute Gasteiger partial charge is 0.309 e. The van der Waals surface area contributed by atoms with Gasteiger partial charge in [0.05, 0.1) is 29.0 Å². The fourth-order valence-corrected chi connectivity index (χ4v) is 12.8. The first-order valence-electron chi connectivity index (χ1n) is 18.6. The van der Waals surface area contributed by atoms with Gasteiger partial charge in [-0.25, -0.2) is 0 Å². The molecule has 47 heavy (non-hydrogen) atoms. The number of pyridine rings is 1. The summed E-state index contributed by atoms with van der Waals surface area (Å²) in [5, 5.41) is 13.0. The minimum atomic E-state index is -1.14. The lowest BCUT2D eigenvalue weighted by atomic mass is 9.32. The number of carbonyl (C=O) groups is 3. The zero-order valence-corrected chi connectivity index (χ0v) is 30.3. The molecule has 7 nitrogen and oxygen atoms in total. The number of nitrogens with zero attached hydrogens (tertiary/aromatic N) is 1. The highest BCUT2D eigenvalue weighted by Crippen LogP contribution is 2.77. The Balaban J connectivity index is 1.21. The summed E-state index contributed by atoms with van der Waals surface area (Å²) in [4.78, 5) is 43.5. The normalized spacial score (nSPS) is 41.3. The number of fused-ring (bicyclic) bond motifs is 7. The standard InChI is InChI=1S/C40H60N2O5/c1-25(28-13-9-10-23-41-28)42-33(44)40-18-11-12-27(40)26-14-15-30-37(6)19-17-31(47-32(43)24-35(2,3)34(45)46)36(4,5)29(37)16-20-39(30,8)38(26,7)21-22-40/h9-10,13,23,25-27,29-31H,11-12,14-22,24H2,1-8H3,(H,42,44)(H,45,46)/t25-,26?,27?,29?,30?,31?,37?,38+,39?,40?/m0/s1. The van der Waals surface area contributed by atoms with Crippen molar-refractivity contribution in [1.82, 2.24) is 10.3 Å². The molecule has 1 heterocycles. The van der Waals surface area contributed by atoms with Gasteiger partial charge < -0.3 is 15.2 Å². The molecule has 5 saturated carbocycles. The van der Waals surface area contributed by atoms with Gasteiger partial charge in [-0.2, -0.15) is 0 Å². The second-order valence-electron chi connectivity index (χ2n) is 18.5. The van der Waals surface area contributed by atoms with Gasteiger partial charge in [0.2, 0.25) is 5.91 Å². The Hall–Kier alpha value is -2.44. The van der Waals surface area contributed by atoms with Gasteiger partial charge in [0.25, 0.3) is 0 Å². The third kappa shape index (κ3) is 5.18. The summed E-state index contributed by atoms with van der Waals surface area (Å²) in [6.45, 7) is 17.6. The monoisotopic (exact) mass is 648 g/mol. The van der Waals surface area contributed by atoms with Gasteiger partial charge in [0.15, 0.2) is 0 Å². The van der Waals surface area contributed by atoms with E-state index in [1.165, 1.54) is 19.3 Å². The Morgan fingerprint density at radius 1 is 0.915 bits per heavy atom. The fraction of sp³-hybridized carbons (Fsp3) is 0.800. The van der Waals surface area contributed by atoms with E-state index in [1.807, 2.05) is 18.2 Å². The van der Waals surface area contributed by atoms with Gasteiger partial charge in [-0.15, -0.1) is 0 Å². The molecule has 8 unspecified atom stereocenters. The third-order valence-electron chi connectivity index (χ3n) is 15.7. The molecule has 2 N–H and O–H groups in total. The summed E-state index contributed by atoms with van der Waals surface area (Å²) in [5.41, 5.74) is -0.152. The number of amides is 1. The molecule has 0 aromatic carbocycles. The predicted molar refractivity (Wildman–Crippen MR) is 182 cm³/mol. The molecule has 0 aliphatic heterocycles. The zero-order valence-electron chi connectivity index (χ0n) is 30.3. The Bertz CT molecular complexity index is 1390. The average molecular weight is 649 g/mol. The maximum absolute atomic E-state index is 14.3. The van der Waals surface area contributed by atoms with Crippen LogP contribution in [-0.4, -0.2) is 34.0 Å². The van der Waals surface area contributed by atoms with Gasteiger partial charge in [-0.1, -0.05) is 47.1 Å². The second-order valence-corrected chi connectivity index (χ2v) is 18.5. The molecule has 1 amide bonds. The van der Waals surface area contributed by atoms with Crippen LogP contribution in [-0.2, 0) is 19.1 Å². The average Bonchev–Trinajstić information content (AvgIpc) is 3.45. The van der Waals surface area contributed by atoms with E-state index >= 15 is 0 Å². The molecule has 7 heteroatoms. The summed E-state index contributed by atoms with van der Waals surface area (Å²) >= 11 is 0. The molecule has 260 valence electrons. The molecule has 6 rings (SSSR count). The van der Waals surface area contributed by atoms with E-state index in [1.54, 1.807) is 20.0 Å². The quantitative estimate of drug-likeness (QED) is 0.287. The Labute approximate surface area is 282 Å². The van der Waals surface area contributed by atoms with Crippen LogP contribution in [0.1, 0.15) is 144 Å². The van der Waals surface area contributed by atoms with E-state index in [4.69, 9.17) is 4.74 Å². The summed E-state index contributed by atoms with van der Waals surface area (Å²) in [5.74, 6) is 0.890. The number of aliphatic carboxylic acids is 1. The molecule has 5 aliphatic rings. The maximum Gasteiger partial charge on any atom is 0.309 e. The number of carboxylic acids is 1. The van der Waals surface area contributed by atoms with Gasteiger partial charge in [-0.05, 0) is 137 Å². The number of esters is 1. The second kappa shape index (κ2) is 11.6. The van der Waals surface area contributed by atoms with E-state index in [-0.39, 0.29) is 51.5 Å². The molecule has 10 atom stereocenters. The Morgan fingerprint density at radius 3 is 2.34 bits per heavy atom. The van der Waals surface area contributed by atoms with Crippen LogP contribution in [0.5, 0.6) is 0 Å². The lowest BCUT2D eigenvalue weighted by molar-refractivity contribution is -0.247. The van der Waals surface area contributed by atoms with Gasteiger partial charge in [-0.3, -0.25) is 19.4 Å². The first-order chi connectivity index (χ1) is 21.9. The Kier molecular flexibility index (Phi) is 8.48. The van der Waals surface area contributed by atoms with Crippen molar-refractivity contribution in [2.75, 3.05) is 0 Å². The number of carboxylic acid groups (broad SMARTS) is 1. The van der Waals surface area contributed by atoms with Crippen LogP contribution < -0.4 is 5.32 Å². The van der Waals surface area contributed by atoms with Crippen molar-refractivity contribution < 1.29 is 24.2 Å². The Morgan fingerprint density at radius 2 is 1.66 bits per heavy atom. The molecule has 0 radical (unpaired) electrons. The summed E-state index contributed by atoms with van der Waals surface area (Å²) in [7, 11) is 0. The number of rotatable bonds is 7. The summed E-state index contributed by atoms with van der Waals surface area (Å²) in [6.07, 6.45) is 13.4. The minimum absolute atomic E-state index is 0.0995. The fourth-order valence-electron chi connectivity index (χ4n) is 12.8. The van der Waals surface area contributed by atoms with Crippen LogP contribution in [0.2, 0.25) is 0 Å². The number of aromatic nitrogens is 1. The van der Waals surface area contributed by atoms with E-state index in [2.05, 4.69) is 51.8 Å². The lowest BCUT2D eigenvalue weighted by Crippen LogP contribution is -2.67. The number of ether oxygens (including phenoxy) is 1. The van der Waals surface area contributed by atoms with E-state index < -0.39 is 17.4 Å². The highest BCUT2D eigenvalue weighted by atomic mass is 16.5. The summed E-state index contributed by atoms with van der Waals surface area (Å²) < 4.78 is 6.15. The van der Waals surface area contributed by atoms with E-state index in [0.717, 1.165) is 57.1 Å². The molecule has 0 spiro atoms. The van der Waals surface area contributed by atoms with Crippen molar-refractivity contribution in [3.8, 4) is 0 Å². The van der Waals surface area contributed by atoms with Crippen LogP contribution in [0.15, 0.2) is 24.4 Å². The van der Waals surface area contributed by atoms with Crippen molar-refractivity contribution in [3.05, 3.63) is 30.1 Å². The van der Waals surface area contributed by atoms with Crippen molar-refractivity contribution in [3.63, 3.8) is 0 Å². The third-order valence-corrected chi connectivity index (χ3v) is 15.7. The molecule has 5 aliphatic carbocycles. The van der Waals surface area contributed by atoms with Crippen LogP contribution in [0.4, 0.5) is 0 Å². The molecular formula is C40H60N2O5.